The van der Waals surface area contributed by atoms with Gasteiger partial charge in [0.05, 0.1) is 12.4 Å². The van der Waals surface area contributed by atoms with E-state index in [4.69, 9.17) is 4.84 Å². The van der Waals surface area contributed by atoms with E-state index in [1.54, 1.807) is 6.20 Å². The van der Waals surface area contributed by atoms with Crippen LogP contribution in [0.5, 0.6) is 0 Å². The Morgan fingerprint density at radius 3 is 2.73 bits per heavy atom. The van der Waals surface area contributed by atoms with Gasteiger partial charge in [-0.05, 0) is 42.7 Å². The minimum atomic E-state index is -0.194. The van der Waals surface area contributed by atoms with Crippen molar-refractivity contribution >= 4 is 17.7 Å². The third-order valence-corrected chi connectivity index (χ3v) is 4.94. The highest BCUT2D eigenvalue weighted by Gasteiger charge is 2.10. The first kappa shape index (κ1) is 18.2. The number of aromatic nitrogens is 2. The number of carbonyl (C=O) groups is 1. The van der Waals surface area contributed by atoms with Gasteiger partial charge in [0.15, 0.2) is 5.16 Å². The van der Waals surface area contributed by atoms with E-state index in [-0.39, 0.29) is 11.7 Å². The molecule has 0 aliphatic heterocycles. The fourth-order valence-corrected chi connectivity index (χ4v) is 3.16. The fourth-order valence-electron chi connectivity index (χ4n) is 2.40. The molecule has 1 aromatic heterocycles. The summed E-state index contributed by atoms with van der Waals surface area (Å²) >= 11 is 1.37. The first-order chi connectivity index (χ1) is 12.6. The molecule has 26 heavy (non-hydrogen) atoms. The van der Waals surface area contributed by atoms with Crippen molar-refractivity contribution in [2.45, 2.75) is 25.6 Å². The Morgan fingerprint density at radius 2 is 1.96 bits per heavy atom. The standard InChI is InChI=1S/C20H21N3O2S/c1-15-8-9-18(12-16(15)2)23-11-10-21-20(23)26-14-19(24)22-25-13-17-6-4-3-5-7-17/h3-12H,13-14H2,1-2H3,(H,22,24). The molecule has 1 heterocycles. The van der Waals surface area contributed by atoms with Crippen LogP contribution in [0.25, 0.3) is 5.69 Å². The maximum absolute atomic E-state index is 12.0. The Kier molecular flexibility index (Phi) is 6.09. The van der Waals surface area contributed by atoms with Gasteiger partial charge >= 0.3 is 0 Å². The predicted octanol–water partition coefficient (Wildman–Crippen LogP) is 3.83. The van der Waals surface area contributed by atoms with Crippen LogP contribution in [0.1, 0.15) is 16.7 Å². The summed E-state index contributed by atoms with van der Waals surface area (Å²) in [4.78, 5) is 21.6. The zero-order valence-corrected chi connectivity index (χ0v) is 15.6. The Bertz CT molecular complexity index is 878. The van der Waals surface area contributed by atoms with Crippen LogP contribution in [0.15, 0.2) is 66.1 Å². The lowest BCUT2D eigenvalue weighted by Crippen LogP contribution is -2.25. The van der Waals surface area contributed by atoms with Gasteiger partial charge in [0, 0.05) is 18.1 Å². The maximum atomic E-state index is 12.0. The molecule has 6 heteroatoms. The summed E-state index contributed by atoms with van der Waals surface area (Å²) in [6.07, 6.45) is 3.64. The monoisotopic (exact) mass is 367 g/mol. The molecule has 0 aliphatic carbocycles. The van der Waals surface area contributed by atoms with Gasteiger partial charge in [0.2, 0.25) is 0 Å². The summed E-state index contributed by atoms with van der Waals surface area (Å²) in [6.45, 7) is 4.51. The minimum absolute atomic E-state index is 0.194. The summed E-state index contributed by atoms with van der Waals surface area (Å²) in [5.41, 5.74) is 6.98. The lowest BCUT2D eigenvalue weighted by molar-refractivity contribution is -0.131. The fraction of sp³-hybridized carbons (Fsp3) is 0.200. The lowest BCUT2D eigenvalue weighted by Gasteiger charge is -2.10. The van der Waals surface area contributed by atoms with Gasteiger partial charge in [-0.15, -0.1) is 0 Å². The first-order valence-electron chi connectivity index (χ1n) is 8.32. The van der Waals surface area contributed by atoms with E-state index in [0.29, 0.717) is 6.61 Å². The summed E-state index contributed by atoms with van der Waals surface area (Å²) in [7, 11) is 0. The van der Waals surface area contributed by atoms with E-state index in [2.05, 4.69) is 42.5 Å². The molecular weight excluding hydrogens is 346 g/mol. The van der Waals surface area contributed by atoms with Crippen LogP contribution in [0.4, 0.5) is 0 Å². The summed E-state index contributed by atoms with van der Waals surface area (Å²) in [5, 5.41) is 0.770. The maximum Gasteiger partial charge on any atom is 0.254 e. The van der Waals surface area contributed by atoms with Crippen LogP contribution in [-0.2, 0) is 16.2 Å². The molecule has 0 unspecified atom stereocenters. The molecule has 0 bridgehead atoms. The third-order valence-electron chi connectivity index (χ3n) is 3.98. The van der Waals surface area contributed by atoms with Crippen molar-refractivity contribution < 1.29 is 9.63 Å². The molecule has 0 aliphatic rings. The number of nitrogens with zero attached hydrogens (tertiary/aromatic N) is 2. The quantitative estimate of drug-likeness (QED) is 0.509. The Labute approximate surface area is 157 Å². The molecule has 0 saturated heterocycles. The minimum Gasteiger partial charge on any atom is -0.295 e. The van der Waals surface area contributed by atoms with Gasteiger partial charge < -0.3 is 0 Å². The smallest absolute Gasteiger partial charge is 0.254 e. The molecule has 3 rings (SSSR count). The number of thioether (sulfide) groups is 1. The number of benzene rings is 2. The second-order valence-electron chi connectivity index (χ2n) is 5.94. The Morgan fingerprint density at radius 1 is 1.15 bits per heavy atom. The van der Waals surface area contributed by atoms with Gasteiger partial charge in [-0.3, -0.25) is 14.2 Å². The summed E-state index contributed by atoms with van der Waals surface area (Å²) in [5.74, 6) is 0.0389. The SMILES string of the molecule is Cc1ccc(-n2ccnc2SCC(=O)NOCc2ccccc2)cc1C. The van der Waals surface area contributed by atoms with Crippen LogP contribution in [0.2, 0.25) is 0 Å². The highest BCUT2D eigenvalue weighted by Crippen LogP contribution is 2.22. The van der Waals surface area contributed by atoms with Gasteiger partial charge in [-0.1, -0.05) is 48.2 Å². The number of rotatable bonds is 7. The molecular formula is C20H21N3O2S. The molecule has 5 nitrogen and oxygen atoms in total. The van der Waals surface area contributed by atoms with Crippen LogP contribution in [-0.4, -0.2) is 21.2 Å². The average Bonchev–Trinajstić information content (AvgIpc) is 3.12. The molecule has 0 radical (unpaired) electrons. The van der Waals surface area contributed by atoms with Gasteiger partial charge in [0.25, 0.3) is 5.91 Å². The van der Waals surface area contributed by atoms with E-state index < -0.39 is 0 Å². The van der Waals surface area contributed by atoms with Gasteiger partial charge in [-0.2, -0.15) is 0 Å². The number of nitrogens with one attached hydrogen (secondary N) is 1. The van der Waals surface area contributed by atoms with Crippen molar-refractivity contribution in [1.82, 2.24) is 15.0 Å². The third kappa shape index (κ3) is 4.74. The molecule has 0 saturated carbocycles. The Hall–Kier alpha value is -2.57. The van der Waals surface area contributed by atoms with E-state index in [9.17, 15) is 4.79 Å². The number of aryl methyl sites for hydroxylation is 2. The van der Waals surface area contributed by atoms with Crippen molar-refractivity contribution in [3.63, 3.8) is 0 Å². The topological polar surface area (TPSA) is 56.2 Å². The van der Waals surface area contributed by atoms with E-state index in [0.717, 1.165) is 16.4 Å². The van der Waals surface area contributed by atoms with Crippen molar-refractivity contribution in [3.05, 3.63) is 77.6 Å². The molecule has 2 aromatic carbocycles. The number of amides is 1. The largest absolute Gasteiger partial charge is 0.295 e. The second kappa shape index (κ2) is 8.69. The number of hydrogen-bond donors (Lipinski definition) is 1. The molecule has 0 spiro atoms. The molecule has 134 valence electrons. The lowest BCUT2D eigenvalue weighted by atomic mass is 10.1. The first-order valence-corrected chi connectivity index (χ1v) is 9.30. The van der Waals surface area contributed by atoms with Crippen molar-refractivity contribution in [2.75, 3.05) is 5.75 Å². The van der Waals surface area contributed by atoms with Crippen molar-refractivity contribution in [1.29, 1.82) is 0 Å². The zero-order valence-electron chi connectivity index (χ0n) is 14.8. The van der Waals surface area contributed by atoms with E-state index >= 15 is 0 Å². The van der Waals surface area contributed by atoms with Crippen LogP contribution in [0.3, 0.4) is 0 Å². The average molecular weight is 367 g/mol. The molecule has 3 aromatic rings. The van der Waals surface area contributed by atoms with E-state index in [1.165, 1.54) is 22.9 Å². The normalized spacial score (nSPS) is 10.7. The molecule has 1 amide bonds. The predicted molar refractivity (Wildman–Crippen MR) is 103 cm³/mol. The van der Waals surface area contributed by atoms with Crippen LogP contribution >= 0.6 is 11.8 Å². The number of carbonyl (C=O) groups excluding carboxylic acids is 1. The second-order valence-corrected chi connectivity index (χ2v) is 6.88. The molecule has 1 N–H and O–H groups in total. The highest BCUT2D eigenvalue weighted by atomic mass is 32.2. The highest BCUT2D eigenvalue weighted by molar-refractivity contribution is 7.99. The molecule has 0 atom stereocenters. The van der Waals surface area contributed by atoms with Crippen molar-refractivity contribution in [2.24, 2.45) is 0 Å². The number of hydrogen-bond acceptors (Lipinski definition) is 4. The molecule has 0 fully saturated rings. The van der Waals surface area contributed by atoms with Gasteiger partial charge in [-0.25, -0.2) is 10.5 Å². The van der Waals surface area contributed by atoms with Crippen LogP contribution in [0, 0.1) is 13.8 Å². The summed E-state index contributed by atoms with van der Waals surface area (Å²) < 4.78 is 1.98. The van der Waals surface area contributed by atoms with Crippen molar-refractivity contribution in [3.8, 4) is 5.69 Å². The number of imidazole rings is 1. The van der Waals surface area contributed by atoms with E-state index in [1.807, 2.05) is 41.1 Å². The zero-order chi connectivity index (χ0) is 18.4. The summed E-state index contributed by atoms with van der Waals surface area (Å²) in [6, 6.07) is 16.0. The van der Waals surface area contributed by atoms with Gasteiger partial charge in [0.1, 0.15) is 0 Å². The number of hydroxylamine groups is 1. The Balaban J connectivity index is 1.53. The van der Waals surface area contributed by atoms with Crippen LogP contribution < -0.4 is 5.48 Å².